The second-order valence-electron chi connectivity index (χ2n) is 1.92. The lowest BCUT2D eigenvalue weighted by atomic mass is 10.4. The largest absolute Gasteiger partial charge is 0.383 e. The second kappa shape index (κ2) is 3.21. The predicted molar refractivity (Wildman–Crippen MR) is 58.8 cm³/mol. The summed E-state index contributed by atoms with van der Waals surface area (Å²) in [5, 5.41) is 0. The summed E-state index contributed by atoms with van der Waals surface area (Å²) in [4.78, 5) is 4.14. The Kier molecular flexibility index (Phi) is 2.73. The van der Waals surface area contributed by atoms with Crippen molar-refractivity contribution in [2.75, 3.05) is 5.73 Å². The van der Waals surface area contributed by atoms with Gasteiger partial charge in [0.05, 0.1) is 9.26 Å². The standard InChI is InChI=1S/C6H6I2N2/c1-3-4(7)2-5(8)6(9)10-3/h2H,1H3,(H2,9,10). The van der Waals surface area contributed by atoms with Crippen LogP contribution < -0.4 is 5.73 Å². The highest BCUT2D eigenvalue weighted by Crippen LogP contribution is 2.17. The number of nitrogen functional groups attached to an aromatic ring is 1. The van der Waals surface area contributed by atoms with E-state index in [1.54, 1.807) is 0 Å². The van der Waals surface area contributed by atoms with Gasteiger partial charge >= 0.3 is 0 Å². The van der Waals surface area contributed by atoms with Crippen molar-refractivity contribution in [1.82, 2.24) is 4.98 Å². The third-order valence-corrected chi connectivity index (χ3v) is 3.09. The summed E-state index contributed by atoms with van der Waals surface area (Å²) in [5.74, 6) is 0.624. The average molecular weight is 360 g/mol. The first-order valence-electron chi connectivity index (χ1n) is 2.69. The number of aryl methyl sites for hydroxylation is 1. The van der Waals surface area contributed by atoms with Crippen molar-refractivity contribution in [2.24, 2.45) is 0 Å². The van der Waals surface area contributed by atoms with Crippen LogP contribution in [0.25, 0.3) is 0 Å². The molecule has 0 atom stereocenters. The van der Waals surface area contributed by atoms with Crippen molar-refractivity contribution in [3.63, 3.8) is 0 Å². The van der Waals surface area contributed by atoms with E-state index in [1.807, 2.05) is 13.0 Å². The highest BCUT2D eigenvalue weighted by molar-refractivity contribution is 14.1. The Morgan fingerprint density at radius 1 is 1.40 bits per heavy atom. The monoisotopic (exact) mass is 360 g/mol. The number of rotatable bonds is 0. The van der Waals surface area contributed by atoms with Gasteiger partial charge in [0.1, 0.15) is 5.82 Å². The molecular formula is C6H6I2N2. The molecule has 4 heteroatoms. The molecule has 0 spiro atoms. The molecule has 1 aromatic rings. The Hall–Kier alpha value is 0.410. The normalized spacial score (nSPS) is 9.90. The highest BCUT2D eigenvalue weighted by atomic mass is 127. The SMILES string of the molecule is Cc1nc(N)c(I)cc1I. The Labute approximate surface area is 86.9 Å². The number of hydrogen-bond donors (Lipinski definition) is 1. The first-order valence-corrected chi connectivity index (χ1v) is 4.85. The van der Waals surface area contributed by atoms with Gasteiger partial charge in [-0.2, -0.15) is 0 Å². The van der Waals surface area contributed by atoms with Crippen molar-refractivity contribution >= 4 is 51.0 Å². The van der Waals surface area contributed by atoms with Crippen LogP contribution in [0.2, 0.25) is 0 Å². The van der Waals surface area contributed by atoms with Gasteiger partial charge in [0.25, 0.3) is 0 Å². The zero-order valence-electron chi connectivity index (χ0n) is 5.36. The van der Waals surface area contributed by atoms with Gasteiger partial charge in [-0.05, 0) is 58.2 Å². The van der Waals surface area contributed by atoms with E-state index < -0.39 is 0 Å². The summed E-state index contributed by atoms with van der Waals surface area (Å²) in [5.41, 5.74) is 6.57. The lowest BCUT2D eigenvalue weighted by Crippen LogP contribution is -1.97. The van der Waals surface area contributed by atoms with Crippen LogP contribution in [0.1, 0.15) is 5.69 Å². The van der Waals surface area contributed by atoms with Gasteiger partial charge in [-0.3, -0.25) is 0 Å². The maximum atomic E-state index is 5.57. The molecule has 1 rings (SSSR count). The van der Waals surface area contributed by atoms with E-state index in [9.17, 15) is 0 Å². The van der Waals surface area contributed by atoms with Crippen molar-refractivity contribution in [3.8, 4) is 0 Å². The predicted octanol–water partition coefficient (Wildman–Crippen LogP) is 2.18. The number of hydrogen-bond acceptors (Lipinski definition) is 2. The molecule has 0 saturated heterocycles. The van der Waals surface area contributed by atoms with Gasteiger partial charge in [0, 0.05) is 3.57 Å². The molecule has 10 heavy (non-hydrogen) atoms. The summed E-state index contributed by atoms with van der Waals surface area (Å²) in [7, 11) is 0. The zero-order chi connectivity index (χ0) is 7.72. The van der Waals surface area contributed by atoms with Crippen LogP contribution in [0.5, 0.6) is 0 Å². The van der Waals surface area contributed by atoms with Gasteiger partial charge in [0.15, 0.2) is 0 Å². The molecule has 1 heterocycles. The average Bonchev–Trinajstić information content (AvgIpc) is 1.84. The lowest BCUT2D eigenvalue weighted by molar-refractivity contribution is 1.18. The van der Waals surface area contributed by atoms with Crippen molar-refractivity contribution in [2.45, 2.75) is 6.92 Å². The van der Waals surface area contributed by atoms with Gasteiger partial charge in [-0.25, -0.2) is 4.98 Å². The molecule has 0 radical (unpaired) electrons. The fourth-order valence-electron chi connectivity index (χ4n) is 0.577. The van der Waals surface area contributed by atoms with Crippen LogP contribution in [-0.4, -0.2) is 4.98 Å². The quantitative estimate of drug-likeness (QED) is 0.721. The Balaban J connectivity index is 3.28. The van der Waals surface area contributed by atoms with Crippen LogP contribution in [-0.2, 0) is 0 Å². The third-order valence-electron chi connectivity index (χ3n) is 1.13. The molecule has 0 aromatic carbocycles. The number of halogens is 2. The molecule has 0 fully saturated rings. The minimum absolute atomic E-state index is 0.624. The summed E-state index contributed by atoms with van der Waals surface area (Å²) in [6.07, 6.45) is 0. The summed E-state index contributed by atoms with van der Waals surface area (Å²) < 4.78 is 2.18. The molecule has 0 bridgehead atoms. The van der Waals surface area contributed by atoms with Gasteiger partial charge in [-0.1, -0.05) is 0 Å². The molecule has 0 amide bonds. The molecule has 54 valence electrons. The van der Waals surface area contributed by atoms with Crippen LogP contribution >= 0.6 is 45.2 Å². The fraction of sp³-hybridized carbons (Fsp3) is 0.167. The fourth-order valence-corrected chi connectivity index (χ4v) is 2.04. The van der Waals surface area contributed by atoms with E-state index in [0.29, 0.717) is 5.82 Å². The topological polar surface area (TPSA) is 38.9 Å². The molecule has 0 saturated carbocycles. The first kappa shape index (κ1) is 8.51. The van der Waals surface area contributed by atoms with Crippen molar-refractivity contribution in [1.29, 1.82) is 0 Å². The molecule has 2 N–H and O–H groups in total. The summed E-state index contributed by atoms with van der Waals surface area (Å²) in [6.45, 7) is 1.95. The molecule has 1 aromatic heterocycles. The van der Waals surface area contributed by atoms with Crippen LogP contribution in [0.3, 0.4) is 0 Å². The van der Waals surface area contributed by atoms with Gasteiger partial charge in [0.2, 0.25) is 0 Å². The van der Waals surface area contributed by atoms with E-state index in [2.05, 4.69) is 50.2 Å². The molecule has 0 aliphatic heterocycles. The Bertz CT molecular complexity index is 210. The van der Waals surface area contributed by atoms with E-state index in [-0.39, 0.29) is 0 Å². The lowest BCUT2D eigenvalue weighted by Gasteiger charge is -2.00. The van der Waals surface area contributed by atoms with Gasteiger partial charge < -0.3 is 5.73 Å². The van der Waals surface area contributed by atoms with Crippen molar-refractivity contribution < 1.29 is 0 Å². The Morgan fingerprint density at radius 2 is 2.00 bits per heavy atom. The van der Waals surface area contributed by atoms with Gasteiger partial charge in [-0.15, -0.1) is 0 Å². The third kappa shape index (κ3) is 1.71. The molecule has 0 aliphatic carbocycles. The number of anilines is 1. The zero-order valence-corrected chi connectivity index (χ0v) is 9.67. The molecule has 0 unspecified atom stereocenters. The second-order valence-corrected chi connectivity index (χ2v) is 4.25. The summed E-state index contributed by atoms with van der Waals surface area (Å²) >= 11 is 4.42. The number of nitrogens with two attached hydrogens (primary N) is 1. The molecule has 0 aliphatic rings. The van der Waals surface area contributed by atoms with E-state index >= 15 is 0 Å². The number of nitrogens with zero attached hydrogens (tertiary/aromatic N) is 1. The van der Waals surface area contributed by atoms with E-state index in [4.69, 9.17) is 5.73 Å². The minimum Gasteiger partial charge on any atom is -0.383 e. The first-order chi connectivity index (χ1) is 4.61. The van der Waals surface area contributed by atoms with E-state index in [1.165, 1.54) is 0 Å². The minimum atomic E-state index is 0.624. The molecular weight excluding hydrogens is 354 g/mol. The Morgan fingerprint density at radius 3 is 2.50 bits per heavy atom. The maximum absolute atomic E-state index is 5.57. The number of pyridine rings is 1. The van der Waals surface area contributed by atoms with Crippen LogP contribution in [0.4, 0.5) is 5.82 Å². The number of aromatic nitrogens is 1. The van der Waals surface area contributed by atoms with E-state index in [0.717, 1.165) is 12.8 Å². The van der Waals surface area contributed by atoms with Crippen molar-refractivity contribution in [3.05, 3.63) is 18.9 Å². The van der Waals surface area contributed by atoms with Crippen LogP contribution in [0.15, 0.2) is 6.07 Å². The summed E-state index contributed by atoms with van der Waals surface area (Å²) in [6, 6.07) is 2.03. The van der Waals surface area contributed by atoms with Crippen LogP contribution in [0, 0.1) is 14.1 Å². The maximum Gasteiger partial charge on any atom is 0.137 e. The molecule has 2 nitrogen and oxygen atoms in total. The highest BCUT2D eigenvalue weighted by Gasteiger charge is 2.00. The smallest absolute Gasteiger partial charge is 0.137 e.